The molecule has 0 spiro atoms. The van der Waals surface area contributed by atoms with Gasteiger partial charge in [-0.15, -0.1) is 0 Å². The van der Waals surface area contributed by atoms with E-state index >= 15 is 0 Å². The number of carbonyl (C=O) groups is 1. The van der Waals surface area contributed by atoms with E-state index < -0.39 is 0 Å². The van der Waals surface area contributed by atoms with E-state index in [2.05, 4.69) is 15.3 Å². The molecule has 140 valence electrons. The molecule has 7 nitrogen and oxygen atoms in total. The number of benzene rings is 1. The summed E-state index contributed by atoms with van der Waals surface area (Å²) < 4.78 is 11.1. The van der Waals surface area contributed by atoms with Crippen molar-refractivity contribution in [1.82, 2.24) is 14.9 Å². The Morgan fingerprint density at radius 1 is 1.26 bits per heavy atom. The topological polar surface area (TPSA) is 80.5 Å². The van der Waals surface area contributed by atoms with E-state index in [0.29, 0.717) is 36.1 Å². The van der Waals surface area contributed by atoms with Crippen LogP contribution in [0, 0.1) is 6.92 Å². The van der Waals surface area contributed by atoms with Crippen LogP contribution in [0.1, 0.15) is 29.0 Å². The van der Waals surface area contributed by atoms with Crippen LogP contribution in [-0.2, 0) is 0 Å². The lowest BCUT2D eigenvalue weighted by atomic mass is 10.0. The quantitative estimate of drug-likeness (QED) is 0.763. The lowest BCUT2D eigenvalue weighted by molar-refractivity contribution is 0.0687. The number of likely N-dealkylation sites (tertiary alicyclic amines) is 1. The number of aromatic nitrogens is 2. The van der Waals surface area contributed by atoms with E-state index in [1.54, 1.807) is 25.6 Å². The van der Waals surface area contributed by atoms with Crippen molar-refractivity contribution in [2.45, 2.75) is 25.8 Å². The van der Waals surface area contributed by atoms with E-state index in [1.165, 1.54) is 0 Å². The Hall–Kier alpha value is -3.09. The Labute approximate surface area is 157 Å². The molecule has 4 rings (SSSR count). The highest BCUT2D eigenvalue weighted by Crippen LogP contribution is 2.30. The number of aryl methyl sites for hydroxylation is 1. The third-order valence-electron chi connectivity index (χ3n) is 5.02. The fourth-order valence-electron chi connectivity index (χ4n) is 3.46. The van der Waals surface area contributed by atoms with Crippen LogP contribution in [0.2, 0.25) is 0 Å². The number of carbonyl (C=O) groups excluding carboxylic acids is 1. The maximum absolute atomic E-state index is 13.0. The molecule has 1 saturated heterocycles. The number of methoxy groups -OCH3 is 1. The fraction of sp³-hybridized carbons (Fsp3) is 0.350. The van der Waals surface area contributed by atoms with Gasteiger partial charge in [-0.05, 0) is 38.0 Å². The molecule has 2 aromatic heterocycles. The molecule has 0 bridgehead atoms. The van der Waals surface area contributed by atoms with E-state index in [-0.39, 0.29) is 11.9 Å². The van der Waals surface area contributed by atoms with Gasteiger partial charge in [0.1, 0.15) is 11.3 Å². The number of anilines is 1. The second kappa shape index (κ2) is 7.26. The molecule has 7 heteroatoms. The Kier molecular flexibility index (Phi) is 4.66. The predicted octanol–water partition coefficient (Wildman–Crippen LogP) is 3.26. The van der Waals surface area contributed by atoms with Crippen molar-refractivity contribution < 1.29 is 13.9 Å². The van der Waals surface area contributed by atoms with Crippen LogP contribution in [0.5, 0.6) is 5.75 Å². The molecule has 1 N–H and O–H groups in total. The van der Waals surface area contributed by atoms with Crippen LogP contribution in [0.25, 0.3) is 11.0 Å². The molecule has 3 aromatic rings. The minimum atomic E-state index is -0.0583. The number of hydrogen-bond donors (Lipinski definition) is 1. The summed E-state index contributed by atoms with van der Waals surface area (Å²) in [6, 6.07) is 7.67. The zero-order valence-electron chi connectivity index (χ0n) is 15.4. The van der Waals surface area contributed by atoms with Gasteiger partial charge >= 0.3 is 0 Å². The zero-order chi connectivity index (χ0) is 18.8. The van der Waals surface area contributed by atoms with Gasteiger partial charge in [0.25, 0.3) is 5.91 Å². The van der Waals surface area contributed by atoms with E-state index in [0.717, 1.165) is 23.8 Å². The standard InChI is InChI=1S/C20H22N4O3/c1-13-16-5-4-15(26-2)12-17(16)27-18(13)19(25)24-10-6-14(7-11-24)23-20-21-8-3-9-22-20/h3-5,8-9,12,14H,6-7,10-11H2,1-2H3,(H,21,22,23). The predicted molar refractivity (Wildman–Crippen MR) is 102 cm³/mol. The van der Waals surface area contributed by atoms with Crippen molar-refractivity contribution in [3.63, 3.8) is 0 Å². The van der Waals surface area contributed by atoms with Gasteiger partial charge in [0.2, 0.25) is 5.95 Å². The number of piperidine rings is 1. The van der Waals surface area contributed by atoms with Gasteiger partial charge in [-0.2, -0.15) is 0 Å². The second-order valence-corrected chi connectivity index (χ2v) is 6.70. The van der Waals surface area contributed by atoms with Gasteiger partial charge in [-0.1, -0.05) is 0 Å². The minimum Gasteiger partial charge on any atom is -0.497 e. The maximum atomic E-state index is 13.0. The van der Waals surface area contributed by atoms with Gasteiger partial charge in [-0.25, -0.2) is 9.97 Å². The lowest BCUT2D eigenvalue weighted by Gasteiger charge is -2.32. The number of nitrogens with one attached hydrogen (secondary N) is 1. The molecule has 3 heterocycles. The Morgan fingerprint density at radius 3 is 2.70 bits per heavy atom. The molecule has 1 aliphatic rings. The average Bonchev–Trinajstić information content (AvgIpc) is 3.04. The van der Waals surface area contributed by atoms with Crippen molar-refractivity contribution in [1.29, 1.82) is 0 Å². The Balaban J connectivity index is 1.45. The second-order valence-electron chi connectivity index (χ2n) is 6.70. The molecule has 0 atom stereocenters. The van der Waals surface area contributed by atoms with E-state index in [1.807, 2.05) is 30.0 Å². The molecule has 0 radical (unpaired) electrons. The summed E-state index contributed by atoms with van der Waals surface area (Å²) in [4.78, 5) is 23.2. The first-order valence-corrected chi connectivity index (χ1v) is 9.05. The number of fused-ring (bicyclic) bond motifs is 1. The van der Waals surface area contributed by atoms with Crippen molar-refractivity contribution >= 4 is 22.8 Å². The zero-order valence-corrected chi connectivity index (χ0v) is 15.4. The largest absolute Gasteiger partial charge is 0.497 e. The highest BCUT2D eigenvalue weighted by molar-refractivity contribution is 5.99. The van der Waals surface area contributed by atoms with Crippen LogP contribution >= 0.6 is 0 Å². The van der Waals surface area contributed by atoms with Crippen LogP contribution in [-0.4, -0.2) is 47.0 Å². The first-order valence-electron chi connectivity index (χ1n) is 9.05. The van der Waals surface area contributed by atoms with Crippen LogP contribution in [0.15, 0.2) is 41.1 Å². The van der Waals surface area contributed by atoms with E-state index in [9.17, 15) is 4.79 Å². The van der Waals surface area contributed by atoms with Gasteiger partial charge < -0.3 is 19.4 Å². The Morgan fingerprint density at radius 2 is 2.00 bits per heavy atom. The molecule has 1 aliphatic heterocycles. The number of ether oxygens (including phenoxy) is 1. The summed E-state index contributed by atoms with van der Waals surface area (Å²) in [7, 11) is 1.61. The van der Waals surface area contributed by atoms with Crippen LogP contribution in [0.4, 0.5) is 5.95 Å². The van der Waals surface area contributed by atoms with Gasteiger partial charge in [-0.3, -0.25) is 4.79 Å². The lowest BCUT2D eigenvalue weighted by Crippen LogP contribution is -2.42. The normalized spacial score (nSPS) is 15.1. The third kappa shape index (κ3) is 3.45. The van der Waals surface area contributed by atoms with E-state index in [4.69, 9.17) is 9.15 Å². The molecule has 1 amide bonds. The first-order chi connectivity index (χ1) is 13.2. The molecule has 0 unspecified atom stereocenters. The number of amides is 1. The monoisotopic (exact) mass is 366 g/mol. The first kappa shape index (κ1) is 17.3. The minimum absolute atomic E-state index is 0.0583. The summed E-state index contributed by atoms with van der Waals surface area (Å²) in [5.74, 6) is 1.70. The number of furan rings is 1. The molecular weight excluding hydrogens is 344 g/mol. The molecular formula is C20H22N4O3. The smallest absolute Gasteiger partial charge is 0.289 e. The van der Waals surface area contributed by atoms with Crippen molar-refractivity contribution in [3.05, 3.63) is 48.0 Å². The van der Waals surface area contributed by atoms with Crippen molar-refractivity contribution in [3.8, 4) is 5.75 Å². The molecule has 0 aliphatic carbocycles. The van der Waals surface area contributed by atoms with Crippen molar-refractivity contribution in [2.24, 2.45) is 0 Å². The van der Waals surface area contributed by atoms with Gasteiger partial charge in [0, 0.05) is 48.5 Å². The summed E-state index contributed by atoms with van der Waals surface area (Å²) in [5.41, 5.74) is 1.54. The SMILES string of the molecule is COc1ccc2c(C)c(C(=O)N3CCC(Nc4ncccn4)CC3)oc2c1. The molecule has 0 saturated carbocycles. The summed E-state index contributed by atoms with van der Waals surface area (Å²) in [6.07, 6.45) is 5.12. The Bertz CT molecular complexity index is 947. The van der Waals surface area contributed by atoms with Crippen LogP contribution < -0.4 is 10.1 Å². The third-order valence-corrected chi connectivity index (χ3v) is 5.02. The summed E-state index contributed by atoms with van der Waals surface area (Å²) in [6.45, 7) is 3.26. The average molecular weight is 366 g/mol. The summed E-state index contributed by atoms with van der Waals surface area (Å²) >= 11 is 0. The van der Waals surface area contributed by atoms with Crippen molar-refractivity contribution in [2.75, 3.05) is 25.5 Å². The highest BCUT2D eigenvalue weighted by atomic mass is 16.5. The number of rotatable bonds is 4. The molecule has 1 aromatic carbocycles. The maximum Gasteiger partial charge on any atom is 0.289 e. The van der Waals surface area contributed by atoms with Gasteiger partial charge in [0.15, 0.2) is 5.76 Å². The summed E-state index contributed by atoms with van der Waals surface area (Å²) in [5, 5.41) is 4.27. The number of nitrogens with zero attached hydrogens (tertiary/aromatic N) is 3. The molecule has 1 fully saturated rings. The number of hydrogen-bond acceptors (Lipinski definition) is 6. The molecule has 27 heavy (non-hydrogen) atoms. The fourth-order valence-corrected chi connectivity index (χ4v) is 3.46. The van der Waals surface area contributed by atoms with Gasteiger partial charge in [0.05, 0.1) is 7.11 Å². The highest BCUT2D eigenvalue weighted by Gasteiger charge is 2.27. The van der Waals surface area contributed by atoms with Crippen LogP contribution in [0.3, 0.4) is 0 Å².